The van der Waals surface area contributed by atoms with Gasteiger partial charge in [-0.25, -0.2) is 0 Å². The van der Waals surface area contributed by atoms with Gasteiger partial charge in [-0.15, -0.1) is 11.3 Å². The topological polar surface area (TPSA) is 160 Å². The minimum absolute atomic E-state index is 0.0345. The molecule has 226 valence electrons. The third-order valence-electron chi connectivity index (χ3n) is 6.08. The van der Waals surface area contributed by atoms with Crippen LogP contribution in [0, 0.1) is 36.5 Å². The van der Waals surface area contributed by atoms with Crippen LogP contribution in [0.25, 0.3) is 0 Å². The Labute approximate surface area is 252 Å². The fourth-order valence-corrected chi connectivity index (χ4v) is 4.56. The number of nitriles is 2. The third-order valence-corrected chi connectivity index (χ3v) is 7.10. The average molecular weight is 596 g/mol. The van der Waals surface area contributed by atoms with Crippen molar-refractivity contribution in [1.82, 2.24) is 0 Å². The second kappa shape index (κ2) is 20.2. The number of hydrogen-bond donors (Lipinski definition) is 3. The number of thiophene rings is 1. The number of nitrogens with zero attached hydrogens (tertiary/aromatic N) is 3. The molecule has 0 bridgehead atoms. The van der Waals surface area contributed by atoms with Gasteiger partial charge in [-0.1, -0.05) is 30.3 Å². The Kier molecular flexibility index (Phi) is 16.6. The lowest BCUT2D eigenvalue weighted by atomic mass is 10.1. The molecule has 0 atom stereocenters. The van der Waals surface area contributed by atoms with E-state index < -0.39 is 0 Å². The first-order chi connectivity index (χ1) is 20.4. The molecule has 3 rings (SSSR count). The number of nitrogens with two attached hydrogens (primary N) is 2. The normalized spacial score (nSPS) is 10.4. The molecule has 0 saturated carbocycles. The van der Waals surface area contributed by atoms with Crippen LogP contribution < -0.4 is 16.4 Å². The van der Waals surface area contributed by atoms with Gasteiger partial charge in [0.15, 0.2) is 0 Å². The van der Waals surface area contributed by atoms with Crippen LogP contribution in [0.3, 0.4) is 0 Å². The summed E-state index contributed by atoms with van der Waals surface area (Å²) in [6.07, 6.45) is 0. The fraction of sp³-hybridized carbons (Fsp3) is 0.419. The van der Waals surface area contributed by atoms with E-state index in [9.17, 15) is 0 Å². The number of benzene rings is 2. The van der Waals surface area contributed by atoms with E-state index in [1.54, 1.807) is 6.92 Å². The van der Waals surface area contributed by atoms with Crippen molar-refractivity contribution in [3.63, 3.8) is 0 Å². The van der Waals surface area contributed by atoms with E-state index in [-0.39, 0.29) is 6.61 Å². The van der Waals surface area contributed by atoms with Gasteiger partial charge in [-0.3, -0.25) is 0 Å². The van der Waals surface area contributed by atoms with E-state index in [1.165, 1.54) is 5.56 Å². The molecule has 5 N–H and O–H groups in total. The molecule has 11 heteroatoms. The molecule has 10 nitrogen and oxygen atoms in total. The van der Waals surface area contributed by atoms with Crippen molar-refractivity contribution >= 4 is 27.7 Å². The molecule has 0 aliphatic rings. The van der Waals surface area contributed by atoms with Crippen molar-refractivity contribution in [1.29, 1.82) is 10.5 Å². The minimum atomic E-state index is 0.0345. The molecule has 0 amide bonds. The predicted octanol–water partition coefficient (Wildman–Crippen LogP) is 4.02. The lowest BCUT2D eigenvalue weighted by Crippen LogP contribution is -2.27. The molecule has 0 saturated heterocycles. The second-order valence-electron chi connectivity index (χ2n) is 9.14. The molecule has 0 spiro atoms. The molecule has 1 aromatic heterocycles. The Balaban J connectivity index is 0.000000468. The predicted molar refractivity (Wildman–Crippen MR) is 166 cm³/mol. The quantitative estimate of drug-likeness (QED) is 0.154. The summed E-state index contributed by atoms with van der Waals surface area (Å²) < 4.78 is 21.8. The summed E-state index contributed by atoms with van der Waals surface area (Å²) in [5.74, 6) is 0. The van der Waals surface area contributed by atoms with Gasteiger partial charge in [0.1, 0.15) is 22.0 Å². The van der Waals surface area contributed by atoms with Gasteiger partial charge in [-0.05, 0) is 48.7 Å². The first kappa shape index (κ1) is 34.5. The molecule has 1 heterocycles. The van der Waals surface area contributed by atoms with Crippen LogP contribution in [0.4, 0.5) is 16.4 Å². The number of aryl methyl sites for hydroxylation is 1. The molecule has 0 fully saturated rings. The third kappa shape index (κ3) is 12.5. The summed E-state index contributed by atoms with van der Waals surface area (Å²) in [7, 11) is 0. The van der Waals surface area contributed by atoms with Crippen molar-refractivity contribution in [3.05, 3.63) is 75.7 Å². The highest BCUT2D eigenvalue weighted by Gasteiger charge is 2.11. The summed E-state index contributed by atoms with van der Waals surface area (Å²) in [4.78, 5) is 2.83. The number of aliphatic hydroxyl groups is 1. The van der Waals surface area contributed by atoms with Gasteiger partial charge in [0.25, 0.3) is 0 Å². The Morgan fingerprint density at radius 2 is 1.40 bits per heavy atom. The van der Waals surface area contributed by atoms with Crippen LogP contribution in [-0.4, -0.2) is 71.1 Å². The standard InChI is InChI=1S/C24H36N2O5.C7H5N3S/c1-21-19-23(7-8-24(21)25)26(20-22-5-3-2-4-6-22)9-11-28-13-15-30-17-18-31-16-14-29-12-10-27;1-4-5(2-8)7(10)11-6(4)3-9/h2-8,19,27H,9-18,20,25H2,1H3;10H2,1H3. The number of hydrogen-bond acceptors (Lipinski definition) is 11. The number of anilines is 3. The summed E-state index contributed by atoms with van der Waals surface area (Å²) in [6.45, 7) is 9.42. The lowest BCUT2D eigenvalue weighted by molar-refractivity contribution is -0.00490. The SMILES string of the molecule is Cc1c(C#N)sc(N)c1C#N.Cc1cc(N(CCOCCOCCOCCOCCO)Cc2ccccc2)ccc1N. The van der Waals surface area contributed by atoms with Crippen LogP contribution in [0.1, 0.15) is 27.1 Å². The zero-order valence-corrected chi connectivity index (χ0v) is 25.2. The molecule has 0 radical (unpaired) electrons. The fourth-order valence-electron chi connectivity index (χ4n) is 3.74. The molecule has 3 aromatic rings. The minimum Gasteiger partial charge on any atom is -0.399 e. The number of aliphatic hydroxyl groups excluding tert-OH is 1. The maximum absolute atomic E-state index is 8.60. The summed E-state index contributed by atoms with van der Waals surface area (Å²) >= 11 is 1.16. The summed E-state index contributed by atoms with van der Waals surface area (Å²) in [5, 5.41) is 26.2. The second-order valence-corrected chi connectivity index (χ2v) is 10.2. The average Bonchev–Trinajstić information content (AvgIpc) is 3.28. The molecule has 2 aromatic carbocycles. The van der Waals surface area contributed by atoms with Gasteiger partial charge in [-0.2, -0.15) is 10.5 Å². The van der Waals surface area contributed by atoms with Gasteiger partial charge < -0.3 is 40.4 Å². The van der Waals surface area contributed by atoms with Gasteiger partial charge in [0.05, 0.1) is 65.0 Å². The van der Waals surface area contributed by atoms with Crippen LogP contribution in [0.15, 0.2) is 48.5 Å². The Bertz CT molecular complexity index is 1270. The monoisotopic (exact) mass is 595 g/mol. The number of ether oxygens (including phenoxy) is 4. The van der Waals surface area contributed by atoms with E-state index in [2.05, 4.69) is 41.3 Å². The molecular formula is C31H41N5O5S. The molecule has 42 heavy (non-hydrogen) atoms. The van der Waals surface area contributed by atoms with Crippen LogP contribution in [0.2, 0.25) is 0 Å². The Morgan fingerprint density at radius 1 is 0.810 bits per heavy atom. The maximum Gasteiger partial charge on any atom is 0.111 e. The largest absolute Gasteiger partial charge is 0.399 e. The number of nitrogen functional groups attached to an aromatic ring is 2. The summed E-state index contributed by atoms with van der Waals surface area (Å²) in [5.41, 5.74) is 16.9. The highest BCUT2D eigenvalue weighted by atomic mass is 32.1. The number of rotatable bonds is 17. The zero-order valence-electron chi connectivity index (χ0n) is 24.4. The van der Waals surface area contributed by atoms with E-state index in [0.29, 0.717) is 73.9 Å². The van der Waals surface area contributed by atoms with Gasteiger partial charge in [0, 0.05) is 24.5 Å². The van der Waals surface area contributed by atoms with E-state index >= 15 is 0 Å². The molecule has 0 unspecified atom stereocenters. The molecule has 0 aliphatic carbocycles. The van der Waals surface area contributed by atoms with Crippen LogP contribution >= 0.6 is 11.3 Å². The highest BCUT2D eigenvalue weighted by molar-refractivity contribution is 7.16. The first-order valence-corrected chi connectivity index (χ1v) is 14.5. The van der Waals surface area contributed by atoms with Gasteiger partial charge in [0.2, 0.25) is 0 Å². The zero-order chi connectivity index (χ0) is 30.6. The van der Waals surface area contributed by atoms with Crippen LogP contribution in [0.5, 0.6) is 0 Å². The summed E-state index contributed by atoms with van der Waals surface area (Å²) in [6, 6.07) is 20.5. The van der Waals surface area contributed by atoms with Crippen molar-refractivity contribution in [3.8, 4) is 12.1 Å². The van der Waals surface area contributed by atoms with Crippen LogP contribution in [-0.2, 0) is 25.5 Å². The van der Waals surface area contributed by atoms with Crippen molar-refractivity contribution in [2.45, 2.75) is 20.4 Å². The van der Waals surface area contributed by atoms with Crippen molar-refractivity contribution in [2.24, 2.45) is 0 Å². The van der Waals surface area contributed by atoms with Crippen molar-refractivity contribution < 1.29 is 24.1 Å². The van der Waals surface area contributed by atoms with Crippen molar-refractivity contribution in [2.75, 3.05) is 82.4 Å². The highest BCUT2D eigenvalue weighted by Crippen LogP contribution is 2.28. The first-order valence-electron chi connectivity index (χ1n) is 13.7. The molecule has 0 aliphatic heterocycles. The molecular weight excluding hydrogens is 554 g/mol. The van der Waals surface area contributed by atoms with Gasteiger partial charge >= 0.3 is 0 Å². The van der Waals surface area contributed by atoms with E-state index in [4.69, 9.17) is 46.0 Å². The van der Waals surface area contributed by atoms with E-state index in [0.717, 1.165) is 41.4 Å². The smallest absolute Gasteiger partial charge is 0.111 e. The maximum atomic E-state index is 8.60. The van der Waals surface area contributed by atoms with E-state index in [1.807, 2.05) is 31.2 Å². The Hall–Kier alpha value is -3.68. The lowest BCUT2D eigenvalue weighted by Gasteiger charge is -2.26. The Morgan fingerprint density at radius 3 is 1.90 bits per heavy atom.